The minimum Gasteiger partial charge on any atom is -0.618 e. The van der Waals surface area contributed by atoms with Crippen molar-refractivity contribution in [3.63, 3.8) is 0 Å². The Balaban J connectivity index is 2.19. The molecule has 0 aliphatic rings. The lowest BCUT2D eigenvalue weighted by Crippen LogP contribution is -2.31. The molecule has 2 rings (SSSR count). The highest BCUT2D eigenvalue weighted by molar-refractivity contribution is 7.84. The highest BCUT2D eigenvalue weighted by Gasteiger charge is 2.13. The Bertz CT molecular complexity index is 502. The first-order valence-corrected chi connectivity index (χ1v) is 6.06. The van der Waals surface area contributed by atoms with Crippen LogP contribution >= 0.6 is 0 Å². The van der Waals surface area contributed by atoms with Gasteiger partial charge in [0.25, 0.3) is 5.03 Å². The molecule has 16 heavy (non-hydrogen) atoms. The molecule has 0 saturated carbocycles. The third-order valence-electron chi connectivity index (χ3n) is 2.03. The van der Waals surface area contributed by atoms with Gasteiger partial charge in [-0.25, -0.2) is 4.21 Å². The molecule has 0 fully saturated rings. The van der Waals surface area contributed by atoms with E-state index in [2.05, 4.69) is 4.98 Å². The van der Waals surface area contributed by atoms with Crippen molar-refractivity contribution < 1.29 is 8.94 Å². The zero-order valence-electron chi connectivity index (χ0n) is 8.45. The van der Waals surface area contributed by atoms with Crippen LogP contribution < -0.4 is 4.73 Å². The second kappa shape index (κ2) is 4.85. The first-order chi connectivity index (χ1) is 7.77. The normalized spacial score (nSPS) is 12.2. The largest absolute Gasteiger partial charge is 0.618 e. The summed E-state index contributed by atoms with van der Waals surface area (Å²) in [5.41, 5.74) is 0.713. The minimum atomic E-state index is -1.36. The van der Waals surface area contributed by atoms with Gasteiger partial charge in [0.1, 0.15) is 10.8 Å². The number of hydrogen-bond donors (Lipinski definition) is 0. The zero-order chi connectivity index (χ0) is 11.4. The fourth-order valence-electron chi connectivity index (χ4n) is 1.28. The van der Waals surface area contributed by atoms with E-state index in [1.54, 1.807) is 36.5 Å². The van der Waals surface area contributed by atoms with E-state index in [4.69, 9.17) is 0 Å². The Labute approximate surface area is 95.6 Å². The SMILES string of the molecule is O=S(Cc1ccccn1)c1cccc[n+]1[O-]. The summed E-state index contributed by atoms with van der Waals surface area (Å²) in [5, 5.41) is 11.6. The maximum Gasteiger partial charge on any atom is 0.281 e. The molecule has 4 nitrogen and oxygen atoms in total. The maximum atomic E-state index is 11.9. The molecular weight excluding hydrogens is 224 g/mol. The van der Waals surface area contributed by atoms with E-state index in [1.165, 1.54) is 6.20 Å². The Hall–Kier alpha value is -1.75. The Morgan fingerprint density at radius 3 is 2.75 bits per heavy atom. The number of aromatic nitrogens is 2. The van der Waals surface area contributed by atoms with Gasteiger partial charge in [-0.3, -0.25) is 4.98 Å². The van der Waals surface area contributed by atoms with E-state index < -0.39 is 10.8 Å². The van der Waals surface area contributed by atoms with Crippen molar-refractivity contribution in [1.29, 1.82) is 0 Å². The lowest BCUT2D eigenvalue weighted by atomic mass is 10.4. The number of rotatable bonds is 3. The van der Waals surface area contributed by atoms with Crippen LogP contribution in [-0.2, 0) is 16.6 Å². The van der Waals surface area contributed by atoms with Crippen molar-refractivity contribution in [2.45, 2.75) is 10.8 Å². The first kappa shape index (κ1) is 10.8. The van der Waals surface area contributed by atoms with Gasteiger partial charge < -0.3 is 5.21 Å². The molecule has 2 heterocycles. The van der Waals surface area contributed by atoms with Crippen molar-refractivity contribution in [2.24, 2.45) is 0 Å². The van der Waals surface area contributed by atoms with Gasteiger partial charge in [0.05, 0.1) is 11.4 Å². The van der Waals surface area contributed by atoms with Crippen molar-refractivity contribution in [3.05, 3.63) is 59.7 Å². The number of nitrogens with zero attached hydrogens (tertiary/aromatic N) is 2. The van der Waals surface area contributed by atoms with Crippen LogP contribution in [0.1, 0.15) is 5.69 Å². The van der Waals surface area contributed by atoms with E-state index in [1.807, 2.05) is 6.07 Å². The summed E-state index contributed by atoms with van der Waals surface area (Å²) in [5.74, 6) is 0.257. The standard InChI is InChI=1S/C11H10N2O2S/c14-13-8-4-2-6-11(13)16(15)9-10-5-1-3-7-12-10/h1-8H,9H2. The fourth-order valence-corrected chi connectivity index (χ4v) is 2.36. The van der Waals surface area contributed by atoms with Gasteiger partial charge in [0.15, 0.2) is 6.20 Å². The van der Waals surface area contributed by atoms with E-state index in [-0.39, 0.29) is 10.8 Å². The van der Waals surface area contributed by atoms with Gasteiger partial charge in [-0.05, 0) is 18.2 Å². The van der Waals surface area contributed by atoms with Crippen LogP contribution in [0.5, 0.6) is 0 Å². The molecule has 0 radical (unpaired) electrons. The van der Waals surface area contributed by atoms with Gasteiger partial charge >= 0.3 is 0 Å². The molecule has 82 valence electrons. The molecule has 0 aromatic carbocycles. The van der Waals surface area contributed by atoms with E-state index in [0.29, 0.717) is 10.4 Å². The highest BCUT2D eigenvalue weighted by atomic mass is 32.2. The van der Waals surface area contributed by atoms with Crippen molar-refractivity contribution in [2.75, 3.05) is 0 Å². The van der Waals surface area contributed by atoms with Gasteiger partial charge in [-0.15, -0.1) is 0 Å². The van der Waals surface area contributed by atoms with Crippen molar-refractivity contribution in [1.82, 2.24) is 4.98 Å². The predicted molar refractivity (Wildman–Crippen MR) is 59.8 cm³/mol. The van der Waals surface area contributed by atoms with Crippen LogP contribution in [-0.4, -0.2) is 9.19 Å². The van der Waals surface area contributed by atoms with Crippen LogP contribution in [0.2, 0.25) is 0 Å². The van der Waals surface area contributed by atoms with Gasteiger partial charge in [0.2, 0.25) is 0 Å². The second-order valence-electron chi connectivity index (χ2n) is 3.18. The molecule has 5 heteroatoms. The molecule has 2 aromatic heterocycles. The molecule has 0 N–H and O–H groups in total. The van der Waals surface area contributed by atoms with E-state index in [0.717, 1.165) is 0 Å². The molecule has 0 spiro atoms. The molecule has 0 aliphatic carbocycles. The third-order valence-corrected chi connectivity index (χ3v) is 3.37. The fraction of sp³-hybridized carbons (Fsp3) is 0.0909. The summed E-state index contributed by atoms with van der Waals surface area (Å²) < 4.78 is 12.5. The Kier molecular flexibility index (Phi) is 3.26. The average Bonchev–Trinajstić information content (AvgIpc) is 2.31. The zero-order valence-corrected chi connectivity index (χ0v) is 9.26. The summed E-state index contributed by atoms with van der Waals surface area (Å²) in [7, 11) is -1.36. The van der Waals surface area contributed by atoms with Crippen LogP contribution in [0.25, 0.3) is 0 Å². The van der Waals surface area contributed by atoms with Crippen molar-refractivity contribution >= 4 is 10.8 Å². The Morgan fingerprint density at radius 2 is 2.06 bits per heavy atom. The Morgan fingerprint density at radius 1 is 1.25 bits per heavy atom. The molecule has 1 atom stereocenters. The maximum absolute atomic E-state index is 11.9. The van der Waals surface area contributed by atoms with Crippen molar-refractivity contribution in [3.8, 4) is 0 Å². The molecule has 0 aliphatic heterocycles. The van der Waals surface area contributed by atoms with Crippen LogP contribution in [0.4, 0.5) is 0 Å². The summed E-state index contributed by atoms with van der Waals surface area (Å²) in [4.78, 5) is 4.07. The van der Waals surface area contributed by atoms with Crippen LogP contribution in [0.15, 0.2) is 53.8 Å². The summed E-state index contributed by atoms with van der Waals surface area (Å²) in [6.07, 6.45) is 2.98. The summed E-state index contributed by atoms with van der Waals surface area (Å²) in [6, 6.07) is 10.3. The summed E-state index contributed by atoms with van der Waals surface area (Å²) >= 11 is 0. The van der Waals surface area contributed by atoms with Gasteiger partial charge in [-0.2, -0.15) is 4.73 Å². The topological polar surface area (TPSA) is 56.9 Å². The average molecular weight is 234 g/mol. The first-order valence-electron chi connectivity index (χ1n) is 4.74. The predicted octanol–water partition coefficient (Wildman–Crippen LogP) is 1.02. The minimum absolute atomic E-state index is 0.257. The molecule has 0 saturated heterocycles. The second-order valence-corrected chi connectivity index (χ2v) is 4.57. The van der Waals surface area contributed by atoms with E-state index in [9.17, 15) is 9.42 Å². The third kappa shape index (κ3) is 2.43. The quantitative estimate of drug-likeness (QED) is 0.588. The molecule has 2 aromatic rings. The van der Waals surface area contributed by atoms with E-state index >= 15 is 0 Å². The lowest BCUT2D eigenvalue weighted by molar-refractivity contribution is -0.646. The highest BCUT2D eigenvalue weighted by Crippen LogP contribution is 2.06. The molecule has 0 amide bonds. The molecule has 1 unspecified atom stereocenters. The number of pyridine rings is 2. The number of hydrogen-bond acceptors (Lipinski definition) is 3. The van der Waals surface area contributed by atoms with Gasteiger partial charge in [-0.1, -0.05) is 6.07 Å². The monoisotopic (exact) mass is 234 g/mol. The van der Waals surface area contributed by atoms with Crippen LogP contribution in [0.3, 0.4) is 0 Å². The summed E-state index contributed by atoms with van der Waals surface area (Å²) in [6.45, 7) is 0. The smallest absolute Gasteiger partial charge is 0.281 e. The lowest BCUT2D eigenvalue weighted by Gasteiger charge is -2.02. The van der Waals surface area contributed by atoms with Crippen LogP contribution in [0, 0.1) is 5.21 Å². The molecule has 0 bridgehead atoms. The molecular formula is C11H10N2O2S. The van der Waals surface area contributed by atoms with Gasteiger partial charge in [0, 0.05) is 18.3 Å².